The summed E-state index contributed by atoms with van der Waals surface area (Å²) >= 11 is 0. The molecule has 7 heteroatoms. The molecular formula is C14H21N3O4. The molecule has 116 valence electrons. The number of amides is 2. The van der Waals surface area contributed by atoms with Crippen molar-refractivity contribution in [2.24, 2.45) is 5.73 Å². The molecule has 7 nitrogen and oxygen atoms in total. The lowest BCUT2D eigenvalue weighted by Crippen LogP contribution is -2.43. The molecule has 1 aromatic rings. The second kappa shape index (κ2) is 6.83. The van der Waals surface area contributed by atoms with Crippen LogP contribution in [0.3, 0.4) is 0 Å². The third kappa shape index (κ3) is 3.77. The van der Waals surface area contributed by atoms with E-state index in [1.165, 1.54) is 25.2 Å². The molecule has 0 aliphatic heterocycles. The van der Waals surface area contributed by atoms with Crippen LogP contribution in [0.5, 0.6) is 11.5 Å². The van der Waals surface area contributed by atoms with Crippen molar-refractivity contribution in [3.8, 4) is 11.5 Å². The van der Waals surface area contributed by atoms with Gasteiger partial charge in [0, 0.05) is 12.1 Å². The summed E-state index contributed by atoms with van der Waals surface area (Å²) in [5.41, 5.74) is 11.5. The Morgan fingerprint density at radius 2 is 1.86 bits per heavy atom. The van der Waals surface area contributed by atoms with Gasteiger partial charge < -0.3 is 25.8 Å². The van der Waals surface area contributed by atoms with Gasteiger partial charge in [-0.15, -0.1) is 0 Å². The van der Waals surface area contributed by atoms with Crippen LogP contribution in [0.2, 0.25) is 0 Å². The number of anilines is 1. The van der Waals surface area contributed by atoms with E-state index in [0.717, 1.165) is 0 Å². The zero-order chi connectivity index (χ0) is 16.2. The Bertz CT molecular complexity index is 543. The summed E-state index contributed by atoms with van der Waals surface area (Å²) in [6.45, 7) is 3.39. The predicted molar refractivity (Wildman–Crippen MR) is 79.3 cm³/mol. The lowest BCUT2D eigenvalue weighted by Gasteiger charge is -2.26. The Balaban J connectivity index is 3.29. The minimum absolute atomic E-state index is 0.185. The van der Waals surface area contributed by atoms with E-state index < -0.39 is 11.8 Å². The maximum atomic E-state index is 12.6. The van der Waals surface area contributed by atoms with Gasteiger partial charge in [0.2, 0.25) is 5.91 Å². The first kappa shape index (κ1) is 16.6. The highest BCUT2D eigenvalue weighted by Gasteiger charge is 2.24. The third-order valence-electron chi connectivity index (χ3n) is 3.01. The number of methoxy groups -OCH3 is 2. The van der Waals surface area contributed by atoms with Gasteiger partial charge in [-0.2, -0.15) is 0 Å². The summed E-state index contributed by atoms with van der Waals surface area (Å²) in [4.78, 5) is 25.1. The molecule has 0 heterocycles. The first-order valence-corrected chi connectivity index (χ1v) is 6.42. The Hall–Kier alpha value is -2.44. The number of rotatable bonds is 6. The molecule has 0 unspecified atom stereocenters. The summed E-state index contributed by atoms with van der Waals surface area (Å²) in [6.07, 6.45) is 0. The van der Waals surface area contributed by atoms with Crippen molar-refractivity contribution in [3.05, 3.63) is 17.7 Å². The van der Waals surface area contributed by atoms with Crippen molar-refractivity contribution in [1.29, 1.82) is 0 Å². The van der Waals surface area contributed by atoms with Crippen molar-refractivity contribution < 1.29 is 19.1 Å². The second-order valence-corrected chi connectivity index (χ2v) is 4.78. The standard InChI is InChI=1S/C14H21N3O4/c1-8(2)17(7-12(15)18)14(19)10-5-9(20-3)6-11(21-4)13(10)16/h5-6,8H,7,16H2,1-4H3,(H2,15,18). The van der Waals surface area contributed by atoms with Gasteiger partial charge in [0.15, 0.2) is 0 Å². The molecule has 0 spiro atoms. The van der Waals surface area contributed by atoms with E-state index in [0.29, 0.717) is 11.5 Å². The van der Waals surface area contributed by atoms with Crippen LogP contribution in [-0.2, 0) is 4.79 Å². The maximum Gasteiger partial charge on any atom is 0.256 e. The number of hydrogen-bond acceptors (Lipinski definition) is 5. The van der Waals surface area contributed by atoms with Gasteiger partial charge in [0.05, 0.1) is 32.0 Å². The highest BCUT2D eigenvalue weighted by molar-refractivity contribution is 6.02. The van der Waals surface area contributed by atoms with Gasteiger partial charge in [-0.3, -0.25) is 9.59 Å². The molecule has 0 fully saturated rings. The zero-order valence-corrected chi connectivity index (χ0v) is 12.7. The van der Waals surface area contributed by atoms with Gasteiger partial charge in [0.25, 0.3) is 5.91 Å². The van der Waals surface area contributed by atoms with Crippen LogP contribution < -0.4 is 20.9 Å². The molecule has 0 bridgehead atoms. The van der Waals surface area contributed by atoms with Gasteiger partial charge >= 0.3 is 0 Å². The van der Waals surface area contributed by atoms with Crippen molar-refractivity contribution in [3.63, 3.8) is 0 Å². The fraction of sp³-hybridized carbons (Fsp3) is 0.429. The number of nitrogens with zero attached hydrogens (tertiary/aromatic N) is 1. The highest BCUT2D eigenvalue weighted by Crippen LogP contribution is 2.32. The number of benzene rings is 1. The van der Waals surface area contributed by atoms with E-state index >= 15 is 0 Å². The summed E-state index contributed by atoms with van der Waals surface area (Å²) in [6, 6.07) is 2.89. The van der Waals surface area contributed by atoms with Crippen LogP contribution in [0, 0.1) is 0 Å². The topological polar surface area (TPSA) is 108 Å². The van der Waals surface area contributed by atoms with Crippen molar-refractivity contribution in [2.75, 3.05) is 26.5 Å². The molecule has 0 atom stereocenters. The van der Waals surface area contributed by atoms with E-state index in [2.05, 4.69) is 0 Å². The number of primary amides is 1. The number of hydrogen-bond donors (Lipinski definition) is 2. The van der Waals surface area contributed by atoms with Crippen LogP contribution in [-0.4, -0.2) is 43.5 Å². The largest absolute Gasteiger partial charge is 0.497 e. The number of nitrogen functional groups attached to an aromatic ring is 1. The quantitative estimate of drug-likeness (QED) is 0.748. The van der Waals surface area contributed by atoms with E-state index in [9.17, 15) is 9.59 Å². The van der Waals surface area contributed by atoms with Crippen LogP contribution in [0.15, 0.2) is 12.1 Å². The van der Waals surface area contributed by atoms with Crippen molar-refractivity contribution >= 4 is 17.5 Å². The third-order valence-corrected chi connectivity index (χ3v) is 3.01. The molecule has 21 heavy (non-hydrogen) atoms. The highest BCUT2D eigenvalue weighted by atomic mass is 16.5. The fourth-order valence-electron chi connectivity index (χ4n) is 1.88. The van der Waals surface area contributed by atoms with Gasteiger partial charge in [-0.05, 0) is 19.9 Å². The lowest BCUT2D eigenvalue weighted by molar-refractivity contribution is -0.119. The Morgan fingerprint density at radius 3 is 2.29 bits per heavy atom. The molecular weight excluding hydrogens is 274 g/mol. The first-order chi connectivity index (χ1) is 9.81. The zero-order valence-electron chi connectivity index (χ0n) is 12.7. The molecule has 0 aromatic heterocycles. The smallest absolute Gasteiger partial charge is 0.256 e. The number of ether oxygens (including phenoxy) is 2. The summed E-state index contributed by atoms with van der Waals surface area (Å²) in [5, 5.41) is 0. The van der Waals surface area contributed by atoms with Crippen LogP contribution in [0.4, 0.5) is 5.69 Å². The average molecular weight is 295 g/mol. The summed E-state index contributed by atoms with van der Waals surface area (Å²) < 4.78 is 10.3. The minimum atomic E-state index is -0.592. The Kier molecular flexibility index (Phi) is 5.40. The van der Waals surface area contributed by atoms with Crippen LogP contribution in [0.1, 0.15) is 24.2 Å². The predicted octanol–water partition coefficient (Wildman–Crippen LogP) is 0.622. The van der Waals surface area contributed by atoms with Gasteiger partial charge in [0.1, 0.15) is 11.5 Å². The van der Waals surface area contributed by atoms with E-state index in [1.807, 2.05) is 0 Å². The van der Waals surface area contributed by atoms with Crippen LogP contribution in [0.25, 0.3) is 0 Å². The molecule has 0 radical (unpaired) electrons. The first-order valence-electron chi connectivity index (χ1n) is 6.42. The lowest BCUT2D eigenvalue weighted by atomic mass is 10.1. The molecule has 0 aliphatic rings. The minimum Gasteiger partial charge on any atom is -0.497 e. The average Bonchev–Trinajstić information content (AvgIpc) is 2.43. The summed E-state index contributed by atoms with van der Waals surface area (Å²) in [5.74, 6) is -0.225. The molecule has 0 saturated heterocycles. The summed E-state index contributed by atoms with van der Waals surface area (Å²) in [7, 11) is 2.92. The SMILES string of the molecule is COc1cc(OC)c(N)c(C(=O)N(CC(N)=O)C(C)C)c1. The van der Waals surface area contributed by atoms with Crippen molar-refractivity contribution in [1.82, 2.24) is 4.90 Å². The van der Waals surface area contributed by atoms with Crippen LogP contribution >= 0.6 is 0 Å². The molecule has 1 aromatic carbocycles. The second-order valence-electron chi connectivity index (χ2n) is 4.78. The molecule has 4 N–H and O–H groups in total. The van der Waals surface area contributed by atoms with Gasteiger partial charge in [-0.1, -0.05) is 0 Å². The molecule has 2 amide bonds. The maximum absolute atomic E-state index is 12.6. The Labute approximate surface area is 123 Å². The number of nitrogens with two attached hydrogens (primary N) is 2. The molecule has 1 rings (SSSR count). The van der Waals surface area contributed by atoms with E-state index in [-0.39, 0.29) is 23.8 Å². The number of carbonyl (C=O) groups is 2. The van der Waals surface area contributed by atoms with Gasteiger partial charge in [-0.25, -0.2) is 0 Å². The molecule has 0 saturated carbocycles. The normalized spacial score (nSPS) is 10.3. The fourth-order valence-corrected chi connectivity index (χ4v) is 1.88. The Morgan fingerprint density at radius 1 is 1.24 bits per heavy atom. The van der Waals surface area contributed by atoms with E-state index in [4.69, 9.17) is 20.9 Å². The number of carbonyl (C=O) groups excluding carboxylic acids is 2. The van der Waals surface area contributed by atoms with E-state index in [1.54, 1.807) is 19.9 Å². The van der Waals surface area contributed by atoms with Crippen molar-refractivity contribution in [2.45, 2.75) is 19.9 Å². The molecule has 0 aliphatic carbocycles. The monoisotopic (exact) mass is 295 g/mol.